The maximum Gasteiger partial charge on any atom is 0.260 e. The highest BCUT2D eigenvalue weighted by Crippen LogP contribution is 2.37. The second kappa shape index (κ2) is 7.70. The van der Waals surface area contributed by atoms with Gasteiger partial charge in [-0.25, -0.2) is 0 Å². The van der Waals surface area contributed by atoms with Gasteiger partial charge in [0, 0.05) is 23.9 Å². The van der Waals surface area contributed by atoms with Crippen LogP contribution in [0.15, 0.2) is 48.7 Å². The average Bonchev–Trinajstić information content (AvgIpc) is 2.77. The summed E-state index contributed by atoms with van der Waals surface area (Å²) in [5.41, 5.74) is 3.64. The van der Waals surface area contributed by atoms with Crippen molar-refractivity contribution in [1.82, 2.24) is 9.88 Å². The number of fused-ring (bicyclic) bond motifs is 3. The third-order valence-corrected chi connectivity index (χ3v) is 5.98. The molecule has 1 aromatic heterocycles. The first-order valence-electron chi connectivity index (χ1n) is 10.3. The minimum atomic E-state index is -0.605. The van der Waals surface area contributed by atoms with Crippen LogP contribution in [-0.2, 0) is 11.2 Å². The normalized spacial score (nSPS) is 21.4. The quantitative estimate of drug-likeness (QED) is 0.726. The number of pyridine rings is 1. The van der Waals surface area contributed by atoms with E-state index in [1.165, 1.54) is 0 Å². The third kappa shape index (κ3) is 3.32. The predicted octanol–water partition coefficient (Wildman–Crippen LogP) is 3.08. The molecule has 2 aliphatic heterocycles. The molecule has 1 amide bonds. The van der Waals surface area contributed by atoms with Crippen LogP contribution in [0.4, 0.5) is 0 Å². The zero-order valence-corrected chi connectivity index (χ0v) is 16.9. The standard InChI is InChI=1S/C24H24N2O4/c1-15-6-7-16(12-25-15)10-17-11-20-23(19-5-3-2-4-18(17)19)30-14-26(24(20)28)21-13-29-9-8-22(21)27/h2-7,11-12,21-22,27H,8-10,13-14H2,1H3/t21?,22-/m0/s1. The van der Waals surface area contributed by atoms with Crippen molar-refractivity contribution in [2.45, 2.75) is 31.9 Å². The summed E-state index contributed by atoms with van der Waals surface area (Å²) < 4.78 is 11.6. The smallest absolute Gasteiger partial charge is 0.260 e. The largest absolute Gasteiger partial charge is 0.472 e. The summed E-state index contributed by atoms with van der Waals surface area (Å²) >= 11 is 0. The molecular weight excluding hydrogens is 380 g/mol. The number of aliphatic hydroxyl groups is 1. The van der Waals surface area contributed by atoms with E-state index in [0.29, 0.717) is 37.4 Å². The molecule has 6 heteroatoms. The molecular formula is C24H24N2O4. The van der Waals surface area contributed by atoms with E-state index >= 15 is 0 Å². The number of carbonyl (C=O) groups is 1. The van der Waals surface area contributed by atoms with Crippen molar-refractivity contribution in [3.05, 3.63) is 71.0 Å². The van der Waals surface area contributed by atoms with Gasteiger partial charge >= 0.3 is 0 Å². The Kier molecular flexibility index (Phi) is 4.89. The lowest BCUT2D eigenvalue weighted by Gasteiger charge is -2.39. The zero-order valence-electron chi connectivity index (χ0n) is 16.9. The number of rotatable bonds is 3. The van der Waals surface area contributed by atoms with Crippen molar-refractivity contribution in [3.8, 4) is 5.75 Å². The number of aryl methyl sites for hydroxylation is 1. The lowest BCUT2D eigenvalue weighted by atomic mass is 9.93. The van der Waals surface area contributed by atoms with Crippen molar-refractivity contribution in [2.24, 2.45) is 0 Å². The van der Waals surface area contributed by atoms with Crippen LogP contribution < -0.4 is 4.74 Å². The second-order valence-corrected chi connectivity index (χ2v) is 7.99. The lowest BCUT2D eigenvalue weighted by Crippen LogP contribution is -2.54. The summed E-state index contributed by atoms with van der Waals surface area (Å²) in [6.45, 7) is 2.91. The average molecular weight is 404 g/mol. The van der Waals surface area contributed by atoms with Gasteiger partial charge < -0.3 is 14.6 Å². The van der Waals surface area contributed by atoms with Gasteiger partial charge in [-0.2, -0.15) is 0 Å². The zero-order chi connectivity index (χ0) is 20.7. The van der Waals surface area contributed by atoms with E-state index in [-0.39, 0.29) is 12.6 Å². The van der Waals surface area contributed by atoms with Crippen LogP contribution in [0, 0.1) is 6.92 Å². The third-order valence-electron chi connectivity index (χ3n) is 5.98. The van der Waals surface area contributed by atoms with Gasteiger partial charge in [-0.15, -0.1) is 0 Å². The summed E-state index contributed by atoms with van der Waals surface area (Å²) in [7, 11) is 0. The molecule has 1 unspecified atom stereocenters. The minimum absolute atomic E-state index is 0.113. The van der Waals surface area contributed by atoms with Crippen LogP contribution in [0.2, 0.25) is 0 Å². The molecule has 3 heterocycles. The molecule has 5 rings (SSSR count). The number of aromatic nitrogens is 1. The molecule has 0 radical (unpaired) electrons. The molecule has 1 N–H and O–H groups in total. The van der Waals surface area contributed by atoms with Gasteiger partial charge in [-0.05, 0) is 48.4 Å². The van der Waals surface area contributed by atoms with E-state index in [9.17, 15) is 9.90 Å². The first-order valence-corrected chi connectivity index (χ1v) is 10.3. The Hall–Kier alpha value is -2.96. The van der Waals surface area contributed by atoms with Crippen LogP contribution in [0.25, 0.3) is 10.8 Å². The molecule has 30 heavy (non-hydrogen) atoms. The maximum absolute atomic E-state index is 13.4. The van der Waals surface area contributed by atoms with Gasteiger partial charge in [0.2, 0.25) is 0 Å². The Morgan fingerprint density at radius 2 is 2.03 bits per heavy atom. The fourth-order valence-corrected chi connectivity index (χ4v) is 4.31. The van der Waals surface area contributed by atoms with Gasteiger partial charge in [0.15, 0.2) is 6.73 Å². The van der Waals surface area contributed by atoms with Gasteiger partial charge in [0.05, 0.1) is 24.3 Å². The predicted molar refractivity (Wildman–Crippen MR) is 113 cm³/mol. The van der Waals surface area contributed by atoms with Gasteiger partial charge in [-0.3, -0.25) is 14.7 Å². The fourth-order valence-electron chi connectivity index (χ4n) is 4.31. The van der Waals surface area contributed by atoms with Crippen molar-refractivity contribution in [1.29, 1.82) is 0 Å². The maximum atomic E-state index is 13.4. The van der Waals surface area contributed by atoms with Crippen LogP contribution in [0.5, 0.6) is 5.75 Å². The Bertz CT molecular complexity index is 1100. The number of aliphatic hydroxyl groups excluding tert-OH is 1. The van der Waals surface area contributed by atoms with Crippen molar-refractivity contribution in [3.63, 3.8) is 0 Å². The molecule has 6 nitrogen and oxygen atoms in total. The number of benzene rings is 2. The Morgan fingerprint density at radius 1 is 1.20 bits per heavy atom. The molecule has 154 valence electrons. The molecule has 2 aromatic carbocycles. The van der Waals surface area contributed by atoms with Crippen molar-refractivity contribution in [2.75, 3.05) is 19.9 Å². The van der Waals surface area contributed by atoms with Crippen LogP contribution in [0.1, 0.15) is 33.6 Å². The molecule has 1 fully saturated rings. The molecule has 2 atom stereocenters. The number of amides is 1. The lowest BCUT2D eigenvalue weighted by molar-refractivity contribution is -0.0694. The number of nitrogens with zero attached hydrogens (tertiary/aromatic N) is 2. The highest BCUT2D eigenvalue weighted by molar-refractivity contribution is 6.06. The van der Waals surface area contributed by atoms with E-state index in [4.69, 9.17) is 9.47 Å². The molecule has 1 saturated heterocycles. The van der Waals surface area contributed by atoms with E-state index in [2.05, 4.69) is 17.1 Å². The number of ether oxygens (including phenoxy) is 2. The molecule has 0 saturated carbocycles. The van der Waals surface area contributed by atoms with Crippen LogP contribution >= 0.6 is 0 Å². The molecule has 3 aromatic rings. The second-order valence-electron chi connectivity index (χ2n) is 7.99. The molecule has 0 aliphatic carbocycles. The summed E-state index contributed by atoms with van der Waals surface area (Å²) in [6.07, 6.45) is 2.46. The first kappa shape index (κ1) is 19.0. The van der Waals surface area contributed by atoms with Crippen LogP contribution in [0.3, 0.4) is 0 Å². The molecule has 0 bridgehead atoms. The number of carbonyl (C=O) groups excluding carboxylic acids is 1. The van der Waals surface area contributed by atoms with Gasteiger partial charge in [0.25, 0.3) is 5.91 Å². The van der Waals surface area contributed by atoms with Gasteiger partial charge in [0.1, 0.15) is 5.75 Å². The Morgan fingerprint density at radius 3 is 2.80 bits per heavy atom. The SMILES string of the molecule is Cc1ccc(Cc2cc3c(c4ccccc24)OCN(C2COCC[C@@H]2O)C3=O)cn1. The summed E-state index contributed by atoms with van der Waals surface area (Å²) in [5, 5.41) is 12.4. The number of hydrogen-bond acceptors (Lipinski definition) is 5. The van der Waals surface area contributed by atoms with Crippen molar-refractivity contribution < 1.29 is 19.4 Å². The highest BCUT2D eigenvalue weighted by Gasteiger charge is 2.37. The minimum Gasteiger partial charge on any atom is -0.472 e. The number of hydrogen-bond donors (Lipinski definition) is 1. The monoisotopic (exact) mass is 404 g/mol. The topological polar surface area (TPSA) is 71.9 Å². The Labute approximate surface area is 175 Å². The summed E-state index contributed by atoms with van der Waals surface area (Å²) in [4.78, 5) is 19.4. The summed E-state index contributed by atoms with van der Waals surface area (Å²) in [5.74, 6) is 0.490. The van der Waals surface area contributed by atoms with Crippen LogP contribution in [-0.4, -0.2) is 53.0 Å². The Balaban J connectivity index is 1.57. The fraction of sp³-hybridized carbons (Fsp3) is 0.333. The molecule has 0 spiro atoms. The van der Waals surface area contributed by atoms with E-state index < -0.39 is 12.1 Å². The van der Waals surface area contributed by atoms with Gasteiger partial charge in [-0.1, -0.05) is 30.3 Å². The highest BCUT2D eigenvalue weighted by atomic mass is 16.5. The summed E-state index contributed by atoms with van der Waals surface area (Å²) in [6, 6.07) is 13.6. The van der Waals surface area contributed by atoms with E-state index in [1.807, 2.05) is 43.5 Å². The van der Waals surface area contributed by atoms with E-state index in [1.54, 1.807) is 4.90 Å². The first-order chi connectivity index (χ1) is 14.6. The van der Waals surface area contributed by atoms with E-state index in [0.717, 1.165) is 27.6 Å². The van der Waals surface area contributed by atoms with Crippen molar-refractivity contribution >= 4 is 16.7 Å². The molecule has 2 aliphatic rings.